The summed E-state index contributed by atoms with van der Waals surface area (Å²) in [5.41, 5.74) is 4.03. The molecule has 0 radical (unpaired) electrons. The van der Waals surface area contributed by atoms with Gasteiger partial charge >= 0.3 is 0 Å². The molecule has 0 amide bonds. The fourth-order valence-electron chi connectivity index (χ4n) is 2.90. The largest absolute Gasteiger partial charge is 0.350 e. The number of nitrogens with zero attached hydrogens (tertiary/aromatic N) is 4. The quantitative estimate of drug-likeness (QED) is 0.782. The molecular weight excluding hydrogens is 250 g/mol. The van der Waals surface area contributed by atoms with Crippen LogP contribution < -0.4 is 5.32 Å². The van der Waals surface area contributed by atoms with Gasteiger partial charge < -0.3 is 9.88 Å². The number of hydrogen-bond donors (Lipinski definition) is 1. The smallest absolute Gasteiger partial charge is 0.137 e. The Morgan fingerprint density at radius 2 is 2.25 bits per heavy atom. The molecule has 0 aliphatic carbocycles. The molecule has 1 aromatic carbocycles. The first-order valence-corrected chi connectivity index (χ1v) is 6.92. The summed E-state index contributed by atoms with van der Waals surface area (Å²) < 4.78 is 4.08. The standard InChI is InChI=1S/C15H17N5/c1-19-8-14(12-5-16-6-12)13-4-11(2-3-15(13)19)7-20-10-17-9-18-20/h2-4,8-10,12,16H,5-7H2,1H3. The first kappa shape index (κ1) is 11.7. The highest BCUT2D eigenvalue weighted by molar-refractivity contribution is 5.85. The number of benzene rings is 1. The third-order valence-corrected chi connectivity index (χ3v) is 4.12. The van der Waals surface area contributed by atoms with Crippen LogP contribution in [-0.4, -0.2) is 32.4 Å². The lowest BCUT2D eigenvalue weighted by Gasteiger charge is -2.26. The summed E-state index contributed by atoms with van der Waals surface area (Å²) in [5.74, 6) is 0.653. The van der Waals surface area contributed by atoms with Gasteiger partial charge in [-0.2, -0.15) is 5.10 Å². The van der Waals surface area contributed by atoms with Gasteiger partial charge in [-0.1, -0.05) is 6.07 Å². The van der Waals surface area contributed by atoms with Crippen LogP contribution in [0.5, 0.6) is 0 Å². The van der Waals surface area contributed by atoms with Crippen molar-refractivity contribution < 1.29 is 0 Å². The number of rotatable bonds is 3. The van der Waals surface area contributed by atoms with E-state index in [1.54, 1.807) is 12.7 Å². The van der Waals surface area contributed by atoms with Gasteiger partial charge in [0, 0.05) is 43.2 Å². The third kappa shape index (κ3) is 1.82. The predicted octanol–water partition coefficient (Wildman–Crippen LogP) is 1.50. The summed E-state index contributed by atoms with van der Waals surface area (Å²) in [6.07, 6.45) is 5.61. The molecule has 5 heteroatoms. The minimum Gasteiger partial charge on any atom is -0.350 e. The number of nitrogens with one attached hydrogen (secondary N) is 1. The monoisotopic (exact) mass is 267 g/mol. The van der Waals surface area contributed by atoms with Crippen LogP contribution in [0.1, 0.15) is 17.0 Å². The zero-order valence-electron chi connectivity index (χ0n) is 11.5. The van der Waals surface area contributed by atoms with Gasteiger partial charge in [-0.15, -0.1) is 0 Å². The Bertz CT molecular complexity index is 737. The molecule has 0 spiro atoms. The first-order chi connectivity index (χ1) is 9.81. The minimum atomic E-state index is 0.653. The topological polar surface area (TPSA) is 47.7 Å². The summed E-state index contributed by atoms with van der Waals surface area (Å²) in [6.45, 7) is 2.95. The van der Waals surface area contributed by atoms with Crippen LogP contribution in [-0.2, 0) is 13.6 Å². The van der Waals surface area contributed by atoms with Gasteiger partial charge in [0.2, 0.25) is 0 Å². The fraction of sp³-hybridized carbons (Fsp3) is 0.333. The number of aromatic nitrogens is 4. The van der Waals surface area contributed by atoms with Gasteiger partial charge in [-0.3, -0.25) is 0 Å². The molecule has 1 N–H and O–H groups in total. The Hall–Kier alpha value is -2.14. The molecule has 0 unspecified atom stereocenters. The van der Waals surface area contributed by atoms with E-state index in [1.807, 2.05) is 4.68 Å². The molecular formula is C15H17N5. The summed E-state index contributed by atoms with van der Waals surface area (Å²) in [6, 6.07) is 6.68. The summed E-state index contributed by atoms with van der Waals surface area (Å²) in [5, 5.41) is 8.90. The Balaban J connectivity index is 1.76. The second-order valence-electron chi connectivity index (χ2n) is 5.50. The Kier molecular flexibility index (Phi) is 2.60. The molecule has 0 atom stereocenters. The lowest BCUT2D eigenvalue weighted by molar-refractivity contribution is 0.450. The van der Waals surface area contributed by atoms with E-state index < -0.39 is 0 Å². The van der Waals surface area contributed by atoms with Crippen molar-refractivity contribution in [1.82, 2.24) is 24.6 Å². The van der Waals surface area contributed by atoms with Crippen molar-refractivity contribution in [3.8, 4) is 0 Å². The van der Waals surface area contributed by atoms with Crippen molar-refractivity contribution in [2.24, 2.45) is 7.05 Å². The van der Waals surface area contributed by atoms with Crippen LogP contribution in [0.25, 0.3) is 10.9 Å². The summed E-state index contributed by atoms with van der Waals surface area (Å²) in [4.78, 5) is 3.99. The highest BCUT2D eigenvalue weighted by Crippen LogP contribution is 2.30. The fourth-order valence-corrected chi connectivity index (χ4v) is 2.90. The molecule has 0 bridgehead atoms. The van der Waals surface area contributed by atoms with Crippen molar-refractivity contribution in [3.05, 3.63) is 48.2 Å². The second kappa shape index (κ2) is 4.45. The molecule has 2 aromatic heterocycles. The average Bonchev–Trinajstić information content (AvgIpc) is 2.98. The van der Waals surface area contributed by atoms with E-state index in [0.29, 0.717) is 5.92 Å². The summed E-state index contributed by atoms with van der Waals surface area (Å²) in [7, 11) is 2.12. The molecule has 102 valence electrons. The predicted molar refractivity (Wildman–Crippen MR) is 77.7 cm³/mol. The first-order valence-electron chi connectivity index (χ1n) is 6.92. The van der Waals surface area contributed by atoms with Crippen LogP contribution in [0.3, 0.4) is 0 Å². The molecule has 4 rings (SSSR count). The summed E-state index contributed by atoms with van der Waals surface area (Å²) >= 11 is 0. The molecule has 3 aromatic rings. The zero-order valence-corrected chi connectivity index (χ0v) is 11.5. The number of aryl methyl sites for hydroxylation is 1. The maximum atomic E-state index is 4.17. The van der Waals surface area contributed by atoms with Crippen molar-refractivity contribution in [3.63, 3.8) is 0 Å². The van der Waals surface area contributed by atoms with Gasteiger partial charge in [0.15, 0.2) is 0 Å². The van der Waals surface area contributed by atoms with Crippen LogP contribution in [0.15, 0.2) is 37.1 Å². The second-order valence-corrected chi connectivity index (χ2v) is 5.50. The molecule has 1 aliphatic heterocycles. The lowest BCUT2D eigenvalue weighted by Crippen LogP contribution is -2.39. The third-order valence-electron chi connectivity index (χ3n) is 4.12. The molecule has 20 heavy (non-hydrogen) atoms. The van der Waals surface area contributed by atoms with E-state index in [0.717, 1.165) is 19.6 Å². The van der Waals surface area contributed by atoms with Gasteiger partial charge in [0.1, 0.15) is 12.7 Å². The molecule has 3 heterocycles. The van der Waals surface area contributed by atoms with E-state index in [1.165, 1.54) is 22.0 Å². The van der Waals surface area contributed by atoms with Crippen LogP contribution in [0.2, 0.25) is 0 Å². The number of fused-ring (bicyclic) bond motifs is 1. The maximum Gasteiger partial charge on any atom is 0.137 e. The van der Waals surface area contributed by atoms with Crippen LogP contribution in [0.4, 0.5) is 0 Å². The highest BCUT2D eigenvalue weighted by atomic mass is 15.3. The van der Waals surface area contributed by atoms with Gasteiger partial charge in [0.05, 0.1) is 6.54 Å². The van der Waals surface area contributed by atoms with Crippen LogP contribution in [0, 0.1) is 0 Å². The van der Waals surface area contributed by atoms with Gasteiger partial charge in [-0.25, -0.2) is 9.67 Å². The van der Waals surface area contributed by atoms with Gasteiger partial charge in [0.25, 0.3) is 0 Å². The minimum absolute atomic E-state index is 0.653. The van der Waals surface area contributed by atoms with E-state index in [4.69, 9.17) is 0 Å². The van der Waals surface area contributed by atoms with Crippen molar-refractivity contribution >= 4 is 10.9 Å². The van der Waals surface area contributed by atoms with Crippen LogP contribution >= 0.6 is 0 Å². The van der Waals surface area contributed by atoms with Crippen molar-refractivity contribution in [2.75, 3.05) is 13.1 Å². The SMILES string of the molecule is Cn1cc(C2CNC2)c2cc(Cn3cncn3)ccc21. The Labute approximate surface area is 117 Å². The molecule has 1 aliphatic rings. The molecule has 1 saturated heterocycles. The number of hydrogen-bond acceptors (Lipinski definition) is 3. The Morgan fingerprint density at radius 1 is 1.35 bits per heavy atom. The van der Waals surface area contributed by atoms with E-state index in [-0.39, 0.29) is 0 Å². The normalized spacial score (nSPS) is 15.7. The van der Waals surface area contributed by atoms with Crippen molar-refractivity contribution in [1.29, 1.82) is 0 Å². The molecule has 1 fully saturated rings. The zero-order chi connectivity index (χ0) is 13.5. The molecule has 5 nitrogen and oxygen atoms in total. The molecule has 0 saturated carbocycles. The van der Waals surface area contributed by atoms with E-state index in [9.17, 15) is 0 Å². The van der Waals surface area contributed by atoms with E-state index >= 15 is 0 Å². The lowest BCUT2D eigenvalue weighted by atomic mass is 9.93. The van der Waals surface area contributed by atoms with E-state index in [2.05, 4.69) is 51.4 Å². The van der Waals surface area contributed by atoms with Gasteiger partial charge in [-0.05, 0) is 23.3 Å². The Morgan fingerprint density at radius 3 is 2.95 bits per heavy atom. The highest BCUT2D eigenvalue weighted by Gasteiger charge is 2.22. The van der Waals surface area contributed by atoms with Crippen molar-refractivity contribution in [2.45, 2.75) is 12.5 Å². The average molecular weight is 267 g/mol. The maximum absolute atomic E-state index is 4.17.